The van der Waals surface area contributed by atoms with E-state index < -0.39 is 11.7 Å². The molecule has 1 amide bonds. The molecule has 2 aromatic heterocycles. The predicted molar refractivity (Wildman–Crippen MR) is 97.5 cm³/mol. The van der Waals surface area contributed by atoms with Gasteiger partial charge in [-0.1, -0.05) is 11.8 Å². The molecular weight excluding hydrogens is 377 g/mol. The van der Waals surface area contributed by atoms with Gasteiger partial charge in [-0.2, -0.15) is 13.2 Å². The molecule has 1 aliphatic rings. The molecule has 3 rings (SSSR count). The van der Waals surface area contributed by atoms with E-state index in [-0.39, 0.29) is 11.7 Å². The lowest BCUT2D eigenvalue weighted by Gasteiger charge is -2.17. The fourth-order valence-electron chi connectivity index (χ4n) is 2.71. The van der Waals surface area contributed by atoms with Crippen molar-refractivity contribution in [1.29, 1.82) is 0 Å². The van der Waals surface area contributed by atoms with Crippen LogP contribution >= 0.6 is 11.8 Å². The molecular formula is C18H19F3N4OS. The van der Waals surface area contributed by atoms with Crippen LogP contribution in [0.25, 0.3) is 0 Å². The van der Waals surface area contributed by atoms with Gasteiger partial charge in [-0.3, -0.25) is 4.79 Å². The van der Waals surface area contributed by atoms with Crippen molar-refractivity contribution in [3.63, 3.8) is 0 Å². The maximum absolute atomic E-state index is 12.5. The first-order valence-corrected chi connectivity index (χ1v) is 9.53. The van der Waals surface area contributed by atoms with Crippen LogP contribution in [-0.4, -0.2) is 34.7 Å². The second-order valence-electron chi connectivity index (χ2n) is 6.16. The number of pyridine rings is 2. The van der Waals surface area contributed by atoms with E-state index in [1.807, 2.05) is 12.1 Å². The maximum Gasteiger partial charge on any atom is 0.417 e. The molecule has 3 heterocycles. The third-order valence-electron chi connectivity index (χ3n) is 4.14. The Labute approximate surface area is 159 Å². The van der Waals surface area contributed by atoms with Crippen molar-refractivity contribution < 1.29 is 18.0 Å². The number of hydrogen-bond acceptors (Lipinski definition) is 5. The monoisotopic (exact) mass is 396 g/mol. The van der Waals surface area contributed by atoms with Crippen LogP contribution in [0.5, 0.6) is 0 Å². The van der Waals surface area contributed by atoms with Gasteiger partial charge in [-0.25, -0.2) is 9.97 Å². The van der Waals surface area contributed by atoms with E-state index >= 15 is 0 Å². The highest BCUT2D eigenvalue weighted by Crippen LogP contribution is 2.29. The van der Waals surface area contributed by atoms with Gasteiger partial charge in [-0.05, 0) is 42.7 Å². The Balaban J connectivity index is 1.46. The van der Waals surface area contributed by atoms with E-state index in [0.29, 0.717) is 11.6 Å². The minimum absolute atomic E-state index is 0.0857. The summed E-state index contributed by atoms with van der Waals surface area (Å²) in [6.07, 6.45) is 0.425. The summed E-state index contributed by atoms with van der Waals surface area (Å²) in [5.74, 6) is 0.798. The zero-order valence-corrected chi connectivity index (χ0v) is 15.3. The number of aromatic nitrogens is 2. The Kier molecular flexibility index (Phi) is 6.20. The summed E-state index contributed by atoms with van der Waals surface area (Å²) in [6.45, 7) is 2.38. The summed E-state index contributed by atoms with van der Waals surface area (Å²) in [5, 5.41) is 3.18. The number of amides is 1. The van der Waals surface area contributed by atoms with Crippen molar-refractivity contribution in [2.24, 2.45) is 0 Å². The van der Waals surface area contributed by atoms with Gasteiger partial charge in [0.2, 0.25) is 5.91 Å². The van der Waals surface area contributed by atoms with Crippen LogP contribution in [0.2, 0.25) is 0 Å². The normalized spacial score (nSPS) is 14.4. The number of nitrogens with one attached hydrogen (secondary N) is 1. The maximum atomic E-state index is 12.5. The topological polar surface area (TPSA) is 58.1 Å². The van der Waals surface area contributed by atoms with Crippen LogP contribution < -0.4 is 10.2 Å². The minimum atomic E-state index is -4.41. The summed E-state index contributed by atoms with van der Waals surface area (Å²) in [6, 6.07) is 6.05. The van der Waals surface area contributed by atoms with Crippen molar-refractivity contribution in [2.75, 3.05) is 23.7 Å². The number of rotatable bonds is 6. The number of alkyl halides is 3. The van der Waals surface area contributed by atoms with E-state index in [0.717, 1.165) is 61.3 Å². The molecule has 0 bridgehead atoms. The van der Waals surface area contributed by atoms with E-state index in [9.17, 15) is 18.0 Å². The van der Waals surface area contributed by atoms with E-state index in [1.165, 1.54) is 6.07 Å². The van der Waals surface area contributed by atoms with Gasteiger partial charge < -0.3 is 10.2 Å². The molecule has 0 aliphatic carbocycles. The summed E-state index contributed by atoms with van der Waals surface area (Å²) >= 11 is 1.10. The highest BCUT2D eigenvalue weighted by Gasteiger charge is 2.30. The molecule has 9 heteroatoms. The van der Waals surface area contributed by atoms with Gasteiger partial charge in [0.1, 0.15) is 5.82 Å². The Morgan fingerprint density at radius 2 is 1.96 bits per heavy atom. The number of carbonyl (C=O) groups is 1. The van der Waals surface area contributed by atoms with E-state index in [4.69, 9.17) is 0 Å². The third kappa shape index (κ3) is 5.59. The quantitative estimate of drug-likeness (QED) is 0.758. The molecule has 0 radical (unpaired) electrons. The first-order chi connectivity index (χ1) is 12.9. The highest BCUT2D eigenvalue weighted by atomic mass is 32.2. The number of thioether (sulfide) groups is 1. The molecule has 1 N–H and O–H groups in total. The van der Waals surface area contributed by atoms with Gasteiger partial charge in [0, 0.05) is 32.0 Å². The molecule has 2 aromatic rings. The van der Waals surface area contributed by atoms with Crippen LogP contribution in [0, 0.1) is 0 Å². The van der Waals surface area contributed by atoms with Gasteiger partial charge in [-0.15, -0.1) is 0 Å². The van der Waals surface area contributed by atoms with E-state index in [2.05, 4.69) is 20.2 Å². The average molecular weight is 396 g/mol. The summed E-state index contributed by atoms with van der Waals surface area (Å²) in [4.78, 5) is 22.3. The van der Waals surface area contributed by atoms with Crippen LogP contribution in [0.4, 0.5) is 19.0 Å². The first-order valence-electron chi connectivity index (χ1n) is 8.54. The lowest BCUT2D eigenvalue weighted by atomic mass is 10.2. The molecule has 0 atom stereocenters. The molecule has 144 valence electrons. The molecule has 0 spiro atoms. The SMILES string of the molecule is O=C(CSc1ccc(C(F)(F)F)cn1)NCc1ccnc(N2CCCC2)c1. The number of anilines is 1. The average Bonchev–Trinajstić information content (AvgIpc) is 3.19. The molecule has 5 nitrogen and oxygen atoms in total. The summed E-state index contributed by atoms with van der Waals surface area (Å²) in [7, 11) is 0. The lowest BCUT2D eigenvalue weighted by molar-refractivity contribution is -0.137. The van der Waals surface area contributed by atoms with Gasteiger partial charge in [0.25, 0.3) is 0 Å². The van der Waals surface area contributed by atoms with Crippen molar-refractivity contribution >= 4 is 23.5 Å². The zero-order valence-electron chi connectivity index (χ0n) is 14.5. The van der Waals surface area contributed by atoms with E-state index in [1.54, 1.807) is 6.20 Å². The lowest BCUT2D eigenvalue weighted by Crippen LogP contribution is -2.25. The van der Waals surface area contributed by atoms with Crippen LogP contribution in [0.15, 0.2) is 41.7 Å². The molecule has 27 heavy (non-hydrogen) atoms. The molecule has 1 saturated heterocycles. The van der Waals surface area contributed by atoms with Crippen molar-refractivity contribution in [3.05, 3.63) is 47.8 Å². The van der Waals surface area contributed by atoms with Crippen molar-refractivity contribution in [1.82, 2.24) is 15.3 Å². The smallest absolute Gasteiger partial charge is 0.357 e. The fourth-order valence-corrected chi connectivity index (χ4v) is 3.39. The predicted octanol–water partition coefficient (Wildman–Crippen LogP) is 3.50. The number of hydrogen-bond donors (Lipinski definition) is 1. The standard InChI is InChI=1S/C18H19F3N4OS/c19-18(20,21)14-3-4-17(24-11-14)27-12-16(26)23-10-13-5-6-22-15(9-13)25-7-1-2-8-25/h3-6,9,11H,1-2,7-8,10,12H2,(H,23,26). The largest absolute Gasteiger partial charge is 0.417 e. The summed E-state index contributed by atoms with van der Waals surface area (Å²) < 4.78 is 37.5. The molecule has 1 aliphatic heterocycles. The van der Waals surface area contributed by atoms with Crippen molar-refractivity contribution in [3.8, 4) is 0 Å². The zero-order chi connectivity index (χ0) is 19.3. The number of nitrogens with zero attached hydrogens (tertiary/aromatic N) is 3. The second kappa shape index (κ2) is 8.60. The van der Waals surface area contributed by atoms with Gasteiger partial charge >= 0.3 is 6.18 Å². The van der Waals surface area contributed by atoms with Gasteiger partial charge in [0.05, 0.1) is 16.3 Å². The third-order valence-corrected chi connectivity index (χ3v) is 5.09. The van der Waals surface area contributed by atoms with Gasteiger partial charge in [0.15, 0.2) is 0 Å². The van der Waals surface area contributed by atoms with Crippen molar-refractivity contribution in [2.45, 2.75) is 30.6 Å². The molecule has 0 aromatic carbocycles. The Morgan fingerprint density at radius 3 is 2.63 bits per heavy atom. The number of halogens is 3. The van der Waals surface area contributed by atoms with Crippen LogP contribution in [0.1, 0.15) is 24.0 Å². The highest BCUT2D eigenvalue weighted by molar-refractivity contribution is 7.99. The fraction of sp³-hybridized carbons (Fsp3) is 0.389. The Bertz CT molecular complexity index is 777. The van der Waals surface area contributed by atoms with Crippen LogP contribution in [-0.2, 0) is 17.5 Å². The second-order valence-corrected chi connectivity index (χ2v) is 7.16. The first kappa shape index (κ1) is 19.5. The minimum Gasteiger partial charge on any atom is -0.357 e. The molecule has 0 unspecified atom stereocenters. The summed E-state index contributed by atoms with van der Waals surface area (Å²) in [5.41, 5.74) is 0.153. The molecule has 1 fully saturated rings. The molecule has 0 saturated carbocycles. The Hall–Kier alpha value is -2.29. The number of carbonyl (C=O) groups excluding carboxylic acids is 1. The Morgan fingerprint density at radius 1 is 1.19 bits per heavy atom. The van der Waals surface area contributed by atoms with Crippen LogP contribution in [0.3, 0.4) is 0 Å².